The van der Waals surface area contributed by atoms with Crippen LogP contribution < -0.4 is 5.32 Å². The molecule has 122 valence electrons. The summed E-state index contributed by atoms with van der Waals surface area (Å²) in [6, 6.07) is 1.71. The summed E-state index contributed by atoms with van der Waals surface area (Å²) in [5.74, 6) is 1.42. The summed E-state index contributed by atoms with van der Waals surface area (Å²) in [7, 11) is 1.96. The van der Waals surface area contributed by atoms with E-state index in [2.05, 4.69) is 20.5 Å². The van der Waals surface area contributed by atoms with E-state index in [0.29, 0.717) is 16.5 Å². The van der Waals surface area contributed by atoms with Gasteiger partial charge in [-0.1, -0.05) is 0 Å². The monoisotopic (exact) mass is 334 g/mol. The Kier molecular flexibility index (Phi) is 4.58. The van der Waals surface area contributed by atoms with Crippen molar-refractivity contribution in [2.24, 2.45) is 7.05 Å². The van der Waals surface area contributed by atoms with Crippen molar-refractivity contribution in [1.82, 2.24) is 25.1 Å². The van der Waals surface area contributed by atoms with Crippen molar-refractivity contribution in [2.75, 3.05) is 13.1 Å². The van der Waals surface area contributed by atoms with Crippen LogP contribution in [-0.4, -0.2) is 37.8 Å². The molecule has 3 rings (SSSR count). The number of hydrogen-bond donors (Lipinski definition) is 1. The summed E-state index contributed by atoms with van der Waals surface area (Å²) in [4.78, 5) is 14.6. The zero-order valence-electron chi connectivity index (χ0n) is 13.0. The fraction of sp³-hybridized carbons (Fsp3) is 0.500. The Morgan fingerprint density at radius 1 is 1.39 bits per heavy atom. The molecule has 0 radical (unpaired) electrons. The number of piperidine rings is 1. The van der Waals surface area contributed by atoms with E-state index in [9.17, 15) is 10.1 Å². The first-order valence-electron chi connectivity index (χ1n) is 7.45. The maximum absolute atomic E-state index is 10.9. The van der Waals surface area contributed by atoms with Crippen molar-refractivity contribution < 1.29 is 4.92 Å². The van der Waals surface area contributed by atoms with E-state index in [4.69, 9.17) is 0 Å². The van der Waals surface area contributed by atoms with Crippen LogP contribution in [0.4, 0.5) is 5.69 Å². The third-order valence-electron chi connectivity index (χ3n) is 4.02. The molecular weight excluding hydrogens is 316 g/mol. The Balaban J connectivity index is 1.79. The predicted octanol–water partition coefficient (Wildman–Crippen LogP) is 2.04. The Hall–Kier alpha value is -2.00. The molecule has 0 aromatic carbocycles. The molecule has 8 nitrogen and oxygen atoms in total. The van der Waals surface area contributed by atoms with Crippen molar-refractivity contribution in [2.45, 2.75) is 35.9 Å². The minimum atomic E-state index is -0.422. The zero-order valence-corrected chi connectivity index (χ0v) is 13.8. The predicted molar refractivity (Wildman–Crippen MR) is 85.6 cm³/mol. The van der Waals surface area contributed by atoms with E-state index in [1.807, 2.05) is 11.6 Å². The molecule has 9 heteroatoms. The van der Waals surface area contributed by atoms with Crippen LogP contribution in [-0.2, 0) is 7.05 Å². The average molecular weight is 334 g/mol. The van der Waals surface area contributed by atoms with E-state index >= 15 is 0 Å². The summed E-state index contributed by atoms with van der Waals surface area (Å²) < 4.78 is 2.00. The van der Waals surface area contributed by atoms with Crippen molar-refractivity contribution in [3.05, 3.63) is 33.8 Å². The van der Waals surface area contributed by atoms with Gasteiger partial charge in [0.2, 0.25) is 0 Å². The molecule has 3 heterocycles. The van der Waals surface area contributed by atoms with Crippen molar-refractivity contribution in [3.8, 4) is 0 Å². The molecule has 0 aliphatic carbocycles. The second kappa shape index (κ2) is 6.63. The Morgan fingerprint density at radius 3 is 2.78 bits per heavy atom. The van der Waals surface area contributed by atoms with Gasteiger partial charge >= 0.3 is 0 Å². The normalized spacial score (nSPS) is 15.7. The second-order valence-electron chi connectivity index (χ2n) is 5.59. The minimum Gasteiger partial charge on any atom is -0.317 e. The maximum atomic E-state index is 10.9. The van der Waals surface area contributed by atoms with Crippen molar-refractivity contribution in [1.29, 1.82) is 0 Å². The molecule has 1 fully saturated rings. The van der Waals surface area contributed by atoms with Crippen LogP contribution in [0.15, 0.2) is 22.4 Å². The molecule has 0 amide bonds. The van der Waals surface area contributed by atoms with Gasteiger partial charge < -0.3 is 9.88 Å². The van der Waals surface area contributed by atoms with Crippen LogP contribution in [0.3, 0.4) is 0 Å². The average Bonchev–Trinajstić information content (AvgIpc) is 2.89. The van der Waals surface area contributed by atoms with Crippen LogP contribution in [0.2, 0.25) is 0 Å². The molecule has 0 unspecified atom stereocenters. The number of aryl methyl sites for hydroxylation is 1. The lowest BCUT2D eigenvalue weighted by molar-refractivity contribution is -0.385. The molecule has 2 aromatic heterocycles. The molecule has 2 aromatic rings. The molecule has 23 heavy (non-hydrogen) atoms. The topological polar surface area (TPSA) is 98.8 Å². The van der Waals surface area contributed by atoms with Crippen LogP contribution in [0.1, 0.15) is 30.1 Å². The van der Waals surface area contributed by atoms with Gasteiger partial charge in [0.15, 0.2) is 5.16 Å². The first-order chi connectivity index (χ1) is 11.1. The smallest absolute Gasteiger partial charge is 0.290 e. The molecule has 0 spiro atoms. The molecule has 0 saturated carbocycles. The van der Waals surface area contributed by atoms with Gasteiger partial charge in [-0.15, -0.1) is 10.2 Å². The molecule has 1 N–H and O–H groups in total. The van der Waals surface area contributed by atoms with Gasteiger partial charge in [0.25, 0.3) is 5.69 Å². The lowest BCUT2D eigenvalue weighted by Gasteiger charge is -2.21. The van der Waals surface area contributed by atoms with Gasteiger partial charge in [-0.25, -0.2) is 4.98 Å². The Morgan fingerprint density at radius 2 is 2.13 bits per heavy atom. The van der Waals surface area contributed by atoms with Gasteiger partial charge in [-0.05, 0) is 50.7 Å². The van der Waals surface area contributed by atoms with Crippen LogP contribution in [0.5, 0.6) is 0 Å². The highest BCUT2D eigenvalue weighted by Gasteiger charge is 2.22. The van der Waals surface area contributed by atoms with E-state index < -0.39 is 4.92 Å². The highest BCUT2D eigenvalue weighted by molar-refractivity contribution is 7.99. The maximum Gasteiger partial charge on any atom is 0.290 e. The molecule has 0 atom stereocenters. The van der Waals surface area contributed by atoms with Gasteiger partial charge in [0.05, 0.1) is 4.92 Å². The van der Waals surface area contributed by atoms with E-state index in [-0.39, 0.29) is 5.69 Å². The second-order valence-corrected chi connectivity index (χ2v) is 6.58. The van der Waals surface area contributed by atoms with Crippen LogP contribution in [0.25, 0.3) is 0 Å². The molecule has 1 aliphatic heterocycles. The van der Waals surface area contributed by atoms with Gasteiger partial charge in [-0.2, -0.15) is 0 Å². The van der Waals surface area contributed by atoms with Gasteiger partial charge in [0, 0.05) is 18.5 Å². The number of aromatic nitrogens is 4. The lowest BCUT2D eigenvalue weighted by atomic mass is 9.97. The van der Waals surface area contributed by atoms with E-state index in [1.54, 1.807) is 13.0 Å². The van der Waals surface area contributed by atoms with Crippen molar-refractivity contribution in [3.63, 3.8) is 0 Å². The third kappa shape index (κ3) is 3.35. The number of pyridine rings is 1. The number of rotatable bonds is 4. The van der Waals surface area contributed by atoms with E-state index in [1.165, 1.54) is 18.0 Å². The molecule has 0 bridgehead atoms. The first-order valence-corrected chi connectivity index (χ1v) is 8.27. The summed E-state index contributed by atoms with van der Waals surface area (Å²) >= 11 is 1.37. The largest absolute Gasteiger partial charge is 0.317 e. The van der Waals surface area contributed by atoms with Gasteiger partial charge in [-0.3, -0.25) is 10.1 Å². The van der Waals surface area contributed by atoms with Crippen molar-refractivity contribution >= 4 is 17.4 Å². The number of nitro groups is 1. The quantitative estimate of drug-likeness (QED) is 0.674. The van der Waals surface area contributed by atoms with Crippen LogP contribution >= 0.6 is 11.8 Å². The molecule has 1 saturated heterocycles. The SMILES string of the molecule is Cc1cc(Sc2nnc(C3CCNCC3)n2C)ncc1[N+](=O)[O-]. The van der Waals surface area contributed by atoms with E-state index in [0.717, 1.165) is 36.9 Å². The molecular formula is C14H18N6O2S. The number of nitrogens with one attached hydrogen (secondary N) is 1. The Labute approximate surface area is 137 Å². The summed E-state index contributed by atoms with van der Waals surface area (Å²) in [5.41, 5.74) is 0.621. The summed E-state index contributed by atoms with van der Waals surface area (Å²) in [6.07, 6.45) is 3.42. The zero-order chi connectivity index (χ0) is 16.4. The third-order valence-corrected chi connectivity index (χ3v) is 4.99. The molecule has 1 aliphatic rings. The first kappa shape index (κ1) is 15.9. The number of nitrogens with zero attached hydrogens (tertiary/aromatic N) is 5. The minimum absolute atomic E-state index is 0.0303. The van der Waals surface area contributed by atoms with Crippen LogP contribution in [0, 0.1) is 17.0 Å². The fourth-order valence-electron chi connectivity index (χ4n) is 2.71. The number of hydrogen-bond acceptors (Lipinski definition) is 7. The highest BCUT2D eigenvalue weighted by Crippen LogP contribution is 2.30. The lowest BCUT2D eigenvalue weighted by Crippen LogP contribution is -2.27. The summed E-state index contributed by atoms with van der Waals surface area (Å²) in [5, 5.41) is 24.2. The Bertz CT molecular complexity index is 726. The standard InChI is InChI=1S/C14H18N6O2S/c1-9-7-12(16-8-11(9)20(21)22)23-14-18-17-13(19(14)2)10-3-5-15-6-4-10/h7-8,10,15H,3-6H2,1-2H3. The highest BCUT2D eigenvalue weighted by atomic mass is 32.2. The summed E-state index contributed by atoms with van der Waals surface area (Å²) in [6.45, 7) is 3.72. The van der Waals surface area contributed by atoms with Gasteiger partial charge in [0.1, 0.15) is 17.0 Å². The fourth-order valence-corrected chi connectivity index (χ4v) is 3.55.